The maximum atomic E-state index is 12.6. The first-order valence-electron chi connectivity index (χ1n) is 8.90. The van der Waals surface area contributed by atoms with Gasteiger partial charge in [0.15, 0.2) is 0 Å². The number of hydrogen-bond acceptors (Lipinski definition) is 3. The molecule has 24 heavy (non-hydrogen) atoms. The van der Waals surface area contributed by atoms with Crippen LogP contribution in [0.5, 0.6) is 0 Å². The summed E-state index contributed by atoms with van der Waals surface area (Å²) in [5, 5.41) is 5.45. The van der Waals surface area contributed by atoms with Crippen LogP contribution in [0.25, 0.3) is 0 Å². The highest BCUT2D eigenvalue weighted by atomic mass is 32.1. The summed E-state index contributed by atoms with van der Waals surface area (Å²) in [4.78, 5) is 16.4. The summed E-state index contributed by atoms with van der Waals surface area (Å²) < 4.78 is 0. The first-order chi connectivity index (χ1) is 11.7. The van der Waals surface area contributed by atoms with Gasteiger partial charge in [-0.15, -0.1) is 11.3 Å². The Labute approximate surface area is 147 Å². The molecule has 0 unspecified atom stereocenters. The van der Waals surface area contributed by atoms with Gasteiger partial charge in [-0.3, -0.25) is 9.69 Å². The van der Waals surface area contributed by atoms with E-state index < -0.39 is 0 Å². The highest BCUT2D eigenvalue weighted by Crippen LogP contribution is 2.33. The second-order valence-corrected chi connectivity index (χ2v) is 7.91. The quantitative estimate of drug-likeness (QED) is 0.920. The zero-order valence-electron chi connectivity index (χ0n) is 14.1. The predicted octanol–water partition coefficient (Wildman–Crippen LogP) is 3.86. The topological polar surface area (TPSA) is 32.3 Å². The van der Waals surface area contributed by atoms with E-state index in [0.717, 1.165) is 32.2 Å². The molecule has 2 aliphatic rings. The lowest BCUT2D eigenvalue weighted by molar-refractivity contribution is -0.123. The fourth-order valence-corrected chi connectivity index (χ4v) is 5.07. The van der Waals surface area contributed by atoms with Crippen LogP contribution in [0.3, 0.4) is 0 Å². The van der Waals surface area contributed by atoms with E-state index in [-0.39, 0.29) is 11.9 Å². The van der Waals surface area contributed by atoms with E-state index in [1.807, 2.05) is 11.3 Å². The van der Waals surface area contributed by atoms with Gasteiger partial charge in [-0.2, -0.15) is 0 Å². The molecule has 2 aromatic rings. The molecule has 126 valence electrons. The van der Waals surface area contributed by atoms with Gasteiger partial charge in [0, 0.05) is 17.5 Å². The van der Waals surface area contributed by atoms with E-state index in [9.17, 15) is 4.79 Å². The van der Waals surface area contributed by atoms with Crippen molar-refractivity contribution in [2.24, 2.45) is 0 Å². The van der Waals surface area contributed by atoms with Gasteiger partial charge in [0.2, 0.25) is 5.91 Å². The van der Waals surface area contributed by atoms with Crippen LogP contribution in [0.1, 0.15) is 53.4 Å². The van der Waals surface area contributed by atoms with Gasteiger partial charge < -0.3 is 5.32 Å². The van der Waals surface area contributed by atoms with E-state index in [1.165, 1.54) is 21.6 Å². The van der Waals surface area contributed by atoms with Crippen LogP contribution in [0.4, 0.5) is 0 Å². The number of carbonyl (C=O) groups is 1. The van der Waals surface area contributed by atoms with E-state index in [1.54, 1.807) is 0 Å². The molecule has 1 aromatic heterocycles. The Bertz CT molecular complexity index is 739. The lowest BCUT2D eigenvalue weighted by Crippen LogP contribution is -2.42. The van der Waals surface area contributed by atoms with E-state index in [4.69, 9.17) is 0 Å². The van der Waals surface area contributed by atoms with Crippen molar-refractivity contribution in [2.45, 2.75) is 44.7 Å². The Kier molecular flexibility index (Phi) is 4.42. The average molecular weight is 340 g/mol. The summed E-state index contributed by atoms with van der Waals surface area (Å²) in [7, 11) is 0. The number of hydrogen-bond donors (Lipinski definition) is 1. The molecule has 2 atom stereocenters. The van der Waals surface area contributed by atoms with Crippen molar-refractivity contribution in [3.05, 3.63) is 57.3 Å². The number of benzene rings is 1. The molecule has 4 rings (SSSR count). The molecule has 2 heterocycles. The number of amides is 1. The van der Waals surface area contributed by atoms with Crippen LogP contribution in [-0.4, -0.2) is 23.9 Å². The third kappa shape index (κ3) is 3.01. The number of thiophene rings is 1. The molecule has 0 saturated heterocycles. The summed E-state index contributed by atoms with van der Waals surface area (Å²) in [5.41, 5.74) is 4.11. The predicted molar refractivity (Wildman–Crippen MR) is 98.3 cm³/mol. The van der Waals surface area contributed by atoms with Crippen molar-refractivity contribution in [3.8, 4) is 0 Å². The molecule has 1 aromatic carbocycles. The van der Waals surface area contributed by atoms with Gasteiger partial charge >= 0.3 is 0 Å². The molecular formula is C20H24N2OS. The molecule has 0 spiro atoms. The monoisotopic (exact) mass is 340 g/mol. The van der Waals surface area contributed by atoms with Crippen molar-refractivity contribution >= 4 is 17.2 Å². The highest BCUT2D eigenvalue weighted by Gasteiger charge is 2.27. The Morgan fingerprint density at radius 2 is 2.12 bits per heavy atom. The minimum Gasteiger partial charge on any atom is -0.348 e. The number of nitrogens with one attached hydrogen (secondary N) is 1. The van der Waals surface area contributed by atoms with Crippen LogP contribution in [0.15, 0.2) is 35.7 Å². The Morgan fingerprint density at radius 3 is 3.04 bits per heavy atom. The number of nitrogens with zero attached hydrogens (tertiary/aromatic N) is 1. The third-order valence-electron chi connectivity index (χ3n) is 5.46. The number of rotatable bonds is 3. The Hall–Kier alpha value is -1.65. The first kappa shape index (κ1) is 15.9. The summed E-state index contributed by atoms with van der Waals surface area (Å²) in [6.07, 6.45) is 4.40. The zero-order valence-corrected chi connectivity index (χ0v) is 14.9. The lowest BCUT2D eigenvalue weighted by atomic mass is 9.88. The second kappa shape index (κ2) is 6.69. The minimum absolute atomic E-state index is 0.155. The lowest BCUT2D eigenvalue weighted by Gasteiger charge is -2.34. The molecule has 1 amide bonds. The van der Waals surface area contributed by atoms with Crippen molar-refractivity contribution < 1.29 is 4.79 Å². The summed E-state index contributed by atoms with van der Waals surface area (Å²) in [5.74, 6) is 0.155. The van der Waals surface area contributed by atoms with Crippen LogP contribution >= 0.6 is 11.3 Å². The first-order valence-corrected chi connectivity index (χ1v) is 9.78. The Balaban J connectivity index is 1.41. The molecule has 0 fully saturated rings. The maximum absolute atomic E-state index is 12.6. The number of fused-ring (bicyclic) bond motifs is 2. The van der Waals surface area contributed by atoms with Crippen LogP contribution in [0, 0.1) is 0 Å². The van der Waals surface area contributed by atoms with Gasteiger partial charge in [0.05, 0.1) is 12.6 Å². The van der Waals surface area contributed by atoms with E-state index >= 15 is 0 Å². The maximum Gasteiger partial charge on any atom is 0.234 e. The molecule has 0 radical (unpaired) electrons. The SMILES string of the molecule is C[C@@H]1c2ccsc2CCN1CC(=O)N[C@@H]1CCCc2ccccc21. The smallest absolute Gasteiger partial charge is 0.234 e. The normalized spacial score (nSPS) is 23.4. The van der Waals surface area contributed by atoms with Gasteiger partial charge in [-0.05, 0) is 60.7 Å². The van der Waals surface area contributed by atoms with Crippen molar-refractivity contribution in [1.82, 2.24) is 10.2 Å². The number of carbonyl (C=O) groups excluding carboxylic acids is 1. The highest BCUT2D eigenvalue weighted by molar-refractivity contribution is 7.10. The Morgan fingerprint density at radius 1 is 1.25 bits per heavy atom. The van der Waals surface area contributed by atoms with Crippen molar-refractivity contribution in [1.29, 1.82) is 0 Å². The standard InChI is InChI=1S/C20H24N2OS/c1-14-16-10-12-24-19(16)9-11-22(14)13-20(23)21-18-8-4-6-15-5-2-3-7-17(15)18/h2-3,5,7,10,12,14,18H,4,6,8-9,11,13H2,1H3,(H,21,23)/t14-,18-/m1/s1. The molecular weight excluding hydrogens is 316 g/mol. The minimum atomic E-state index is 0.155. The molecule has 4 heteroatoms. The van der Waals surface area contributed by atoms with Gasteiger partial charge in [-0.1, -0.05) is 24.3 Å². The largest absolute Gasteiger partial charge is 0.348 e. The van der Waals surface area contributed by atoms with Crippen LogP contribution < -0.4 is 5.32 Å². The van der Waals surface area contributed by atoms with Crippen molar-refractivity contribution in [2.75, 3.05) is 13.1 Å². The second-order valence-electron chi connectivity index (χ2n) is 6.91. The van der Waals surface area contributed by atoms with Crippen LogP contribution in [0.2, 0.25) is 0 Å². The van der Waals surface area contributed by atoms with Crippen molar-refractivity contribution in [3.63, 3.8) is 0 Å². The van der Waals surface area contributed by atoms with E-state index in [0.29, 0.717) is 12.6 Å². The molecule has 1 aliphatic heterocycles. The fraction of sp³-hybridized carbons (Fsp3) is 0.450. The fourth-order valence-electron chi connectivity index (χ4n) is 4.11. The molecule has 3 nitrogen and oxygen atoms in total. The molecule has 0 bridgehead atoms. The molecule has 0 saturated carbocycles. The van der Waals surface area contributed by atoms with Gasteiger partial charge in [0.1, 0.15) is 0 Å². The average Bonchev–Trinajstić information content (AvgIpc) is 3.07. The van der Waals surface area contributed by atoms with Crippen LogP contribution in [-0.2, 0) is 17.6 Å². The van der Waals surface area contributed by atoms with Gasteiger partial charge in [0.25, 0.3) is 0 Å². The number of aryl methyl sites for hydroxylation is 1. The zero-order chi connectivity index (χ0) is 16.5. The van der Waals surface area contributed by atoms with Gasteiger partial charge in [-0.25, -0.2) is 0 Å². The molecule has 1 aliphatic carbocycles. The third-order valence-corrected chi connectivity index (χ3v) is 6.45. The summed E-state index contributed by atoms with van der Waals surface area (Å²) in [6, 6.07) is 11.3. The van der Waals surface area contributed by atoms with E-state index in [2.05, 4.69) is 52.9 Å². The summed E-state index contributed by atoms with van der Waals surface area (Å²) in [6.45, 7) is 3.69. The summed E-state index contributed by atoms with van der Waals surface area (Å²) >= 11 is 1.84. The molecule has 1 N–H and O–H groups in total.